The number of nitrogens with two attached hydrogens (primary N) is 1. The summed E-state index contributed by atoms with van der Waals surface area (Å²) in [4.78, 5) is 13.7. The molecule has 0 aliphatic carbocycles. The molecule has 104 valence electrons. The first-order valence-corrected chi connectivity index (χ1v) is 6.89. The number of hydrogen-bond donors (Lipinski definition) is 2. The highest BCUT2D eigenvalue weighted by Crippen LogP contribution is 2.29. The molecule has 0 unspecified atom stereocenters. The fourth-order valence-electron chi connectivity index (χ4n) is 1.81. The van der Waals surface area contributed by atoms with Crippen LogP contribution in [0.25, 0.3) is 0 Å². The lowest BCUT2D eigenvalue weighted by Gasteiger charge is -2.20. The molecule has 0 aromatic heterocycles. The summed E-state index contributed by atoms with van der Waals surface area (Å²) >= 11 is 9.06. The van der Waals surface area contributed by atoms with E-state index in [1.54, 1.807) is 31.3 Å². The number of aromatic hydroxyl groups is 1. The van der Waals surface area contributed by atoms with Gasteiger partial charge in [-0.05, 0) is 36.4 Å². The molecule has 0 aliphatic heterocycles. The second-order valence-electron chi connectivity index (χ2n) is 4.23. The van der Waals surface area contributed by atoms with Crippen molar-refractivity contribution in [1.82, 2.24) is 0 Å². The summed E-state index contributed by atoms with van der Waals surface area (Å²) in [5.74, 6) is -0.529. The Bertz CT molecular complexity index is 676. The molecule has 20 heavy (non-hydrogen) atoms. The molecule has 2 aromatic carbocycles. The maximum absolute atomic E-state index is 12.4. The van der Waals surface area contributed by atoms with E-state index in [0.29, 0.717) is 16.4 Å². The molecule has 0 atom stereocenters. The van der Waals surface area contributed by atoms with Crippen LogP contribution in [0.4, 0.5) is 11.4 Å². The second kappa shape index (κ2) is 5.73. The molecule has 2 aromatic rings. The Labute approximate surface area is 129 Å². The van der Waals surface area contributed by atoms with E-state index in [9.17, 15) is 9.90 Å². The third-order valence-electron chi connectivity index (χ3n) is 2.85. The normalized spacial score (nSPS) is 10.3. The molecule has 3 N–H and O–H groups in total. The molecule has 0 heterocycles. The standard InChI is InChI=1S/C14H12BrClN2O2/c1-18(12-5-2-8(15)6-11(12)17)14(20)10-4-3-9(16)7-13(10)19/h2-7,19H,17H2,1H3. The Balaban J connectivity index is 2.37. The van der Waals surface area contributed by atoms with Gasteiger partial charge in [0.2, 0.25) is 0 Å². The average Bonchev–Trinajstić information content (AvgIpc) is 2.37. The zero-order chi connectivity index (χ0) is 14.9. The summed E-state index contributed by atoms with van der Waals surface area (Å²) in [6, 6.07) is 9.58. The molecule has 0 aliphatic rings. The van der Waals surface area contributed by atoms with E-state index >= 15 is 0 Å². The van der Waals surface area contributed by atoms with Crippen molar-refractivity contribution in [2.24, 2.45) is 0 Å². The number of phenolic OH excluding ortho intramolecular Hbond substituents is 1. The summed E-state index contributed by atoms with van der Waals surface area (Å²) in [5.41, 5.74) is 7.08. The third kappa shape index (κ3) is 2.89. The van der Waals surface area contributed by atoms with Crippen LogP contribution >= 0.6 is 27.5 Å². The number of halogens is 2. The van der Waals surface area contributed by atoms with Gasteiger partial charge in [-0.15, -0.1) is 0 Å². The number of benzene rings is 2. The fourth-order valence-corrected chi connectivity index (χ4v) is 2.35. The highest BCUT2D eigenvalue weighted by molar-refractivity contribution is 9.10. The summed E-state index contributed by atoms with van der Waals surface area (Å²) in [6.45, 7) is 0. The quantitative estimate of drug-likeness (QED) is 0.808. The van der Waals surface area contributed by atoms with Gasteiger partial charge in [-0.1, -0.05) is 27.5 Å². The van der Waals surface area contributed by atoms with E-state index in [2.05, 4.69) is 15.9 Å². The van der Waals surface area contributed by atoms with E-state index in [0.717, 1.165) is 4.47 Å². The van der Waals surface area contributed by atoms with Gasteiger partial charge in [-0.2, -0.15) is 0 Å². The first kappa shape index (κ1) is 14.7. The third-order valence-corrected chi connectivity index (χ3v) is 3.57. The predicted octanol–water partition coefficient (Wildman–Crippen LogP) is 3.67. The molecule has 0 saturated carbocycles. The molecular weight excluding hydrogens is 344 g/mol. The van der Waals surface area contributed by atoms with Crippen molar-refractivity contribution in [3.8, 4) is 5.75 Å². The number of amides is 1. The molecule has 0 radical (unpaired) electrons. The van der Waals surface area contributed by atoms with Crippen molar-refractivity contribution in [2.75, 3.05) is 17.7 Å². The number of nitrogen functional groups attached to an aromatic ring is 1. The van der Waals surface area contributed by atoms with Crippen molar-refractivity contribution < 1.29 is 9.90 Å². The molecule has 0 saturated heterocycles. The van der Waals surface area contributed by atoms with Gasteiger partial charge in [0.15, 0.2) is 0 Å². The minimum atomic E-state index is -0.367. The minimum Gasteiger partial charge on any atom is -0.507 e. The highest BCUT2D eigenvalue weighted by Gasteiger charge is 2.19. The SMILES string of the molecule is CN(C(=O)c1ccc(Cl)cc1O)c1ccc(Br)cc1N. The van der Waals surface area contributed by atoms with Gasteiger partial charge >= 0.3 is 0 Å². The van der Waals surface area contributed by atoms with Crippen molar-refractivity contribution in [2.45, 2.75) is 0 Å². The molecule has 0 spiro atoms. The number of carbonyl (C=O) groups is 1. The number of carbonyl (C=O) groups excluding carboxylic acids is 1. The molecule has 4 nitrogen and oxygen atoms in total. The number of phenols is 1. The maximum atomic E-state index is 12.4. The molecule has 6 heteroatoms. The first-order valence-electron chi connectivity index (χ1n) is 5.71. The van der Waals surface area contributed by atoms with Crippen LogP contribution in [0.2, 0.25) is 5.02 Å². The summed E-state index contributed by atoms with van der Waals surface area (Å²) in [7, 11) is 1.59. The Morgan fingerprint density at radius 3 is 2.60 bits per heavy atom. The van der Waals surface area contributed by atoms with Gasteiger partial charge in [0.25, 0.3) is 5.91 Å². The van der Waals surface area contributed by atoms with Crippen LogP contribution in [-0.4, -0.2) is 18.1 Å². The van der Waals surface area contributed by atoms with Crippen molar-refractivity contribution in [3.63, 3.8) is 0 Å². The van der Waals surface area contributed by atoms with Gasteiger partial charge in [-0.3, -0.25) is 4.79 Å². The van der Waals surface area contributed by atoms with Gasteiger partial charge in [0.1, 0.15) is 5.75 Å². The number of hydrogen-bond acceptors (Lipinski definition) is 3. The molecule has 0 fully saturated rings. The van der Waals surface area contributed by atoms with Crippen LogP contribution in [0.3, 0.4) is 0 Å². The van der Waals surface area contributed by atoms with Crippen LogP contribution in [0.5, 0.6) is 5.75 Å². The van der Waals surface area contributed by atoms with Gasteiger partial charge in [0, 0.05) is 16.5 Å². The van der Waals surface area contributed by atoms with E-state index in [1.165, 1.54) is 17.0 Å². The largest absolute Gasteiger partial charge is 0.507 e. The van der Waals surface area contributed by atoms with Gasteiger partial charge in [-0.25, -0.2) is 0 Å². The van der Waals surface area contributed by atoms with E-state index in [4.69, 9.17) is 17.3 Å². The molecule has 2 rings (SSSR count). The topological polar surface area (TPSA) is 66.6 Å². The summed E-state index contributed by atoms with van der Waals surface area (Å²) in [6.07, 6.45) is 0. The van der Waals surface area contributed by atoms with E-state index in [-0.39, 0.29) is 17.2 Å². The van der Waals surface area contributed by atoms with Crippen LogP contribution < -0.4 is 10.6 Å². The maximum Gasteiger partial charge on any atom is 0.261 e. The Kier molecular flexibility index (Phi) is 4.20. The van der Waals surface area contributed by atoms with Gasteiger partial charge < -0.3 is 15.7 Å². The van der Waals surface area contributed by atoms with Crippen LogP contribution in [0.15, 0.2) is 40.9 Å². The second-order valence-corrected chi connectivity index (χ2v) is 5.58. The Morgan fingerprint density at radius 2 is 2.00 bits per heavy atom. The van der Waals surface area contributed by atoms with Gasteiger partial charge in [0.05, 0.1) is 16.9 Å². The monoisotopic (exact) mass is 354 g/mol. The number of rotatable bonds is 2. The zero-order valence-corrected chi connectivity index (χ0v) is 12.9. The average molecular weight is 356 g/mol. The number of nitrogens with zero attached hydrogens (tertiary/aromatic N) is 1. The molecule has 1 amide bonds. The lowest BCUT2D eigenvalue weighted by Crippen LogP contribution is -2.27. The van der Waals surface area contributed by atoms with E-state index < -0.39 is 0 Å². The fraction of sp³-hybridized carbons (Fsp3) is 0.0714. The van der Waals surface area contributed by atoms with Crippen LogP contribution in [0.1, 0.15) is 10.4 Å². The Hall–Kier alpha value is -1.72. The van der Waals surface area contributed by atoms with Crippen LogP contribution in [-0.2, 0) is 0 Å². The first-order chi connectivity index (χ1) is 9.40. The zero-order valence-electron chi connectivity index (χ0n) is 10.6. The Morgan fingerprint density at radius 1 is 1.30 bits per heavy atom. The highest BCUT2D eigenvalue weighted by atomic mass is 79.9. The smallest absolute Gasteiger partial charge is 0.261 e. The predicted molar refractivity (Wildman–Crippen MR) is 84.4 cm³/mol. The molecular formula is C14H12BrClN2O2. The van der Waals surface area contributed by atoms with Crippen molar-refractivity contribution >= 4 is 44.8 Å². The van der Waals surface area contributed by atoms with Crippen LogP contribution in [0, 0.1) is 0 Å². The van der Waals surface area contributed by atoms with Crippen molar-refractivity contribution in [1.29, 1.82) is 0 Å². The summed E-state index contributed by atoms with van der Waals surface area (Å²) < 4.78 is 0.828. The lowest BCUT2D eigenvalue weighted by molar-refractivity contribution is 0.0990. The lowest BCUT2D eigenvalue weighted by atomic mass is 10.1. The number of anilines is 2. The van der Waals surface area contributed by atoms with E-state index in [1.807, 2.05) is 0 Å². The summed E-state index contributed by atoms with van der Waals surface area (Å²) in [5, 5.41) is 10.2. The van der Waals surface area contributed by atoms with Crippen molar-refractivity contribution in [3.05, 3.63) is 51.5 Å². The molecule has 0 bridgehead atoms. The minimum absolute atomic E-state index is 0.162.